The first-order valence-electron chi connectivity index (χ1n) is 9.56. The number of hydrogen-bond donors (Lipinski definition) is 2. The van der Waals surface area contributed by atoms with Crippen molar-refractivity contribution in [2.75, 3.05) is 0 Å². The minimum Gasteiger partial charge on any atom is -0.439 e. The highest BCUT2D eigenvalue weighted by Crippen LogP contribution is 2.23. The number of pyridine rings is 1. The van der Waals surface area contributed by atoms with E-state index >= 15 is 0 Å². The number of ether oxygens (including phenoxy) is 1. The standard InChI is InChI=1S/C23H24FN3O2/c1-17(12-13-18-7-3-2-4-8-18)27-23(28)26-16-19-9-6-14-25-22(19)29-21-11-5-10-20(24)15-21/h2-11,14-15,17H,12-13,16H2,1H3,(H2,26,27,28). The first-order valence-corrected chi connectivity index (χ1v) is 9.56. The molecule has 1 heterocycles. The van der Waals surface area contributed by atoms with E-state index in [4.69, 9.17) is 4.74 Å². The van der Waals surface area contributed by atoms with Crippen molar-refractivity contribution in [2.24, 2.45) is 0 Å². The van der Waals surface area contributed by atoms with Crippen molar-refractivity contribution < 1.29 is 13.9 Å². The van der Waals surface area contributed by atoms with Crippen molar-refractivity contribution in [1.29, 1.82) is 0 Å². The van der Waals surface area contributed by atoms with Gasteiger partial charge in [-0.05, 0) is 43.5 Å². The van der Waals surface area contributed by atoms with Crippen LogP contribution in [0.3, 0.4) is 0 Å². The fourth-order valence-electron chi connectivity index (χ4n) is 2.84. The van der Waals surface area contributed by atoms with Crippen molar-refractivity contribution in [3.05, 3.63) is 89.9 Å². The van der Waals surface area contributed by atoms with Crippen LogP contribution in [0.5, 0.6) is 11.6 Å². The number of aryl methyl sites for hydroxylation is 1. The maximum Gasteiger partial charge on any atom is 0.315 e. The number of carbonyl (C=O) groups excluding carboxylic acids is 1. The normalized spacial score (nSPS) is 11.5. The van der Waals surface area contributed by atoms with Crippen LogP contribution in [0.25, 0.3) is 0 Å². The Kier molecular flexibility index (Phi) is 7.16. The van der Waals surface area contributed by atoms with Gasteiger partial charge in [0.25, 0.3) is 0 Å². The van der Waals surface area contributed by atoms with Crippen LogP contribution in [-0.2, 0) is 13.0 Å². The molecule has 0 aliphatic carbocycles. The lowest BCUT2D eigenvalue weighted by molar-refractivity contribution is 0.236. The smallest absolute Gasteiger partial charge is 0.315 e. The van der Waals surface area contributed by atoms with Crippen molar-refractivity contribution in [2.45, 2.75) is 32.4 Å². The second-order valence-electron chi connectivity index (χ2n) is 6.78. The van der Waals surface area contributed by atoms with Gasteiger partial charge in [0, 0.05) is 30.4 Å². The average molecular weight is 393 g/mol. The lowest BCUT2D eigenvalue weighted by Crippen LogP contribution is -2.40. The number of hydrogen-bond acceptors (Lipinski definition) is 3. The average Bonchev–Trinajstić information content (AvgIpc) is 2.72. The van der Waals surface area contributed by atoms with Gasteiger partial charge in [-0.1, -0.05) is 42.5 Å². The molecule has 0 aliphatic heterocycles. The van der Waals surface area contributed by atoms with E-state index in [9.17, 15) is 9.18 Å². The molecule has 3 aromatic rings. The van der Waals surface area contributed by atoms with Crippen LogP contribution in [0.4, 0.5) is 9.18 Å². The van der Waals surface area contributed by atoms with Gasteiger partial charge in [-0.25, -0.2) is 14.2 Å². The van der Waals surface area contributed by atoms with E-state index in [1.165, 1.54) is 17.7 Å². The summed E-state index contributed by atoms with van der Waals surface area (Å²) in [6.45, 7) is 2.22. The molecule has 1 atom stereocenters. The minimum atomic E-state index is -0.387. The molecule has 2 N–H and O–H groups in total. The van der Waals surface area contributed by atoms with E-state index in [2.05, 4.69) is 27.8 Å². The zero-order valence-electron chi connectivity index (χ0n) is 16.3. The summed E-state index contributed by atoms with van der Waals surface area (Å²) in [5, 5.41) is 5.76. The molecule has 1 unspecified atom stereocenters. The molecule has 150 valence electrons. The molecule has 0 radical (unpaired) electrons. The lowest BCUT2D eigenvalue weighted by Gasteiger charge is -2.15. The van der Waals surface area contributed by atoms with E-state index in [-0.39, 0.29) is 24.4 Å². The minimum absolute atomic E-state index is 0.0344. The Morgan fingerprint density at radius 1 is 1.10 bits per heavy atom. The summed E-state index contributed by atoms with van der Waals surface area (Å²) in [6, 6.07) is 19.4. The fourth-order valence-corrected chi connectivity index (χ4v) is 2.84. The number of nitrogens with one attached hydrogen (secondary N) is 2. The first-order chi connectivity index (χ1) is 14.1. The molecule has 3 rings (SSSR count). The molecule has 0 saturated carbocycles. The predicted molar refractivity (Wildman–Crippen MR) is 110 cm³/mol. The quantitative estimate of drug-likeness (QED) is 0.576. The second kappa shape index (κ2) is 10.2. The van der Waals surface area contributed by atoms with Crippen LogP contribution in [0.2, 0.25) is 0 Å². The van der Waals surface area contributed by atoms with Gasteiger partial charge in [-0.15, -0.1) is 0 Å². The Morgan fingerprint density at radius 2 is 1.93 bits per heavy atom. The Morgan fingerprint density at radius 3 is 2.72 bits per heavy atom. The summed E-state index contributed by atoms with van der Waals surface area (Å²) in [4.78, 5) is 16.4. The van der Waals surface area contributed by atoms with E-state index in [1.807, 2.05) is 25.1 Å². The molecule has 0 saturated heterocycles. The van der Waals surface area contributed by atoms with Gasteiger partial charge < -0.3 is 15.4 Å². The Hall–Kier alpha value is -3.41. The summed E-state index contributed by atoms with van der Waals surface area (Å²) in [6.07, 6.45) is 3.33. The summed E-state index contributed by atoms with van der Waals surface area (Å²) >= 11 is 0. The van der Waals surface area contributed by atoms with Crippen molar-refractivity contribution in [3.8, 4) is 11.6 Å². The van der Waals surface area contributed by atoms with E-state index < -0.39 is 0 Å². The van der Waals surface area contributed by atoms with E-state index in [0.29, 0.717) is 17.2 Å². The highest BCUT2D eigenvalue weighted by atomic mass is 19.1. The summed E-state index contributed by atoms with van der Waals surface area (Å²) < 4.78 is 19.0. The van der Waals surface area contributed by atoms with Crippen LogP contribution in [0.15, 0.2) is 72.9 Å². The SMILES string of the molecule is CC(CCc1ccccc1)NC(=O)NCc1cccnc1Oc1cccc(F)c1. The fraction of sp³-hybridized carbons (Fsp3) is 0.217. The number of amides is 2. The topological polar surface area (TPSA) is 63.2 Å². The lowest BCUT2D eigenvalue weighted by atomic mass is 10.1. The highest BCUT2D eigenvalue weighted by Gasteiger charge is 2.10. The molecule has 0 spiro atoms. The van der Waals surface area contributed by atoms with E-state index in [0.717, 1.165) is 12.8 Å². The van der Waals surface area contributed by atoms with Gasteiger partial charge in [0.05, 0.1) is 0 Å². The highest BCUT2D eigenvalue weighted by molar-refractivity contribution is 5.74. The van der Waals surface area contributed by atoms with Crippen LogP contribution >= 0.6 is 0 Å². The third-order valence-electron chi connectivity index (χ3n) is 4.39. The van der Waals surface area contributed by atoms with Crippen LogP contribution < -0.4 is 15.4 Å². The summed E-state index contributed by atoms with van der Waals surface area (Å²) in [5.41, 5.74) is 1.94. The van der Waals surface area contributed by atoms with Gasteiger partial charge in [-0.3, -0.25) is 0 Å². The maximum absolute atomic E-state index is 13.4. The second-order valence-corrected chi connectivity index (χ2v) is 6.78. The summed E-state index contributed by atoms with van der Waals surface area (Å²) in [5.74, 6) is 0.293. The summed E-state index contributed by atoms with van der Waals surface area (Å²) in [7, 11) is 0. The zero-order chi connectivity index (χ0) is 20.5. The number of nitrogens with zero attached hydrogens (tertiary/aromatic N) is 1. The third kappa shape index (κ3) is 6.60. The van der Waals surface area contributed by atoms with Gasteiger partial charge >= 0.3 is 6.03 Å². The predicted octanol–water partition coefficient (Wildman–Crippen LogP) is 4.83. The number of aromatic nitrogens is 1. The van der Waals surface area contributed by atoms with Crippen molar-refractivity contribution in [1.82, 2.24) is 15.6 Å². The van der Waals surface area contributed by atoms with Crippen LogP contribution in [-0.4, -0.2) is 17.1 Å². The van der Waals surface area contributed by atoms with Crippen LogP contribution in [0, 0.1) is 5.82 Å². The van der Waals surface area contributed by atoms with Crippen molar-refractivity contribution >= 4 is 6.03 Å². The molecule has 0 aliphatic rings. The molecule has 2 amide bonds. The zero-order valence-corrected chi connectivity index (χ0v) is 16.3. The van der Waals surface area contributed by atoms with Gasteiger partial charge in [0.2, 0.25) is 5.88 Å². The number of carbonyl (C=O) groups is 1. The number of benzene rings is 2. The number of rotatable bonds is 8. The molecule has 0 fully saturated rings. The molecule has 0 bridgehead atoms. The van der Waals surface area contributed by atoms with Crippen LogP contribution in [0.1, 0.15) is 24.5 Å². The molecular formula is C23H24FN3O2. The Balaban J connectivity index is 1.49. The largest absolute Gasteiger partial charge is 0.439 e. The molecule has 6 heteroatoms. The monoisotopic (exact) mass is 393 g/mol. The first kappa shape index (κ1) is 20.3. The Labute approximate surface area is 169 Å². The number of urea groups is 1. The van der Waals surface area contributed by atoms with Gasteiger partial charge in [0.1, 0.15) is 11.6 Å². The molecule has 5 nitrogen and oxygen atoms in total. The van der Waals surface area contributed by atoms with E-state index in [1.54, 1.807) is 30.5 Å². The van der Waals surface area contributed by atoms with Gasteiger partial charge in [-0.2, -0.15) is 0 Å². The van der Waals surface area contributed by atoms with Crippen molar-refractivity contribution in [3.63, 3.8) is 0 Å². The molecule has 29 heavy (non-hydrogen) atoms. The molecule has 2 aromatic carbocycles. The number of halogens is 1. The Bertz CT molecular complexity index is 934. The molecular weight excluding hydrogens is 369 g/mol. The third-order valence-corrected chi connectivity index (χ3v) is 4.39. The maximum atomic E-state index is 13.4. The van der Waals surface area contributed by atoms with Gasteiger partial charge in [0.15, 0.2) is 0 Å². The molecule has 1 aromatic heterocycles.